The van der Waals surface area contributed by atoms with Crippen molar-refractivity contribution in [2.24, 2.45) is 0 Å². The predicted molar refractivity (Wildman–Crippen MR) is 93.6 cm³/mol. The molecule has 6 nitrogen and oxygen atoms in total. The maximum Gasteiger partial charge on any atom is 0.281 e. The molecule has 0 N–H and O–H groups in total. The van der Waals surface area contributed by atoms with Crippen LogP contribution in [-0.4, -0.2) is 54.2 Å². The van der Waals surface area contributed by atoms with Crippen LogP contribution in [0.15, 0.2) is 36.7 Å². The fourth-order valence-electron chi connectivity index (χ4n) is 3.11. The molecule has 3 rings (SSSR count). The van der Waals surface area contributed by atoms with Crippen LogP contribution in [0.2, 0.25) is 0 Å². The van der Waals surface area contributed by atoms with Crippen molar-refractivity contribution in [1.29, 1.82) is 0 Å². The Kier molecular flexibility index (Phi) is 5.12. The summed E-state index contributed by atoms with van der Waals surface area (Å²) in [6.07, 6.45) is 4.62. The zero-order valence-electron chi connectivity index (χ0n) is 14.3. The van der Waals surface area contributed by atoms with Gasteiger partial charge in [-0.05, 0) is 25.0 Å². The number of halogens is 1. The third-order valence-corrected chi connectivity index (χ3v) is 6.32. The summed E-state index contributed by atoms with van der Waals surface area (Å²) in [6.45, 7) is 0.799. The molecule has 2 heterocycles. The van der Waals surface area contributed by atoms with Gasteiger partial charge in [-0.1, -0.05) is 12.1 Å². The number of nitrogens with zero attached hydrogens (tertiary/aromatic N) is 4. The smallest absolute Gasteiger partial charge is 0.257 e. The lowest BCUT2D eigenvalue weighted by atomic mass is 9.92. The summed E-state index contributed by atoms with van der Waals surface area (Å²) < 4.78 is 41.7. The van der Waals surface area contributed by atoms with Crippen molar-refractivity contribution in [3.63, 3.8) is 0 Å². The summed E-state index contributed by atoms with van der Waals surface area (Å²) in [7, 11) is -0.442. The minimum Gasteiger partial charge on any atom is -0.257 e. The fraction of sp³-hybridized carbons (Fsp3) is 0.412. The van der Waals surface area contributed by atoms with Crippen LogP contribution >= 0.6 is 0 Å². The van der Waals surface area contributed by atoms with Crippen LogP contribution in [0, 0.1) is 5.82 Å². The maximum atomic E-state index is 14.2. The van der Waals surface area contributed by atoms with E-state index in [0.29, 0.717) is 30.0 Å². The average Bonchev–Trinajstić information content (AvgIpc) is 2.62. The quantitative estimate of drug-likeness (QED) is 0.835. The van der Waals surface area contributed by atoms with Crippen molar-refractivity contribution >= 4 is 10.2 Å². The van der Waals surface area contributed by atoms with Gasteiger partial charge in [-0.15, -0.1) is 0 Å². The molecular weight excluding hydrogens is 343 g/mol. The molecule has 2 aromatic rings. The van der Waals surface area contributed by atoms with Gasteiger partial charge >= 0.3 is 0 Å². The van der Waals surface area contributed by atoms with E-state index in [9.17, 15) is 12.8 Å². The van der Waals surface area contributed by atoms with E-state index in [-0.39, 0.29) is 11.7 Å². The molecule has 1 aliphatic heterocycles. The third kappa shape index (κ3) is 3.56. The van der Waals surface area contributed by atoms with E-state index < -0.39 is 10.2 Å². The van der Waals surface area contributed by atoms with Crippen LogP contribution in [0.5, 0.6) is 0 Å². The highest BCUT2D eigenvalue weighted by molar-refractivity contribution is 7.86. The van der Waals surface area contributed by atoms with E-state index in [2.05, 4.69) is 9.97 Å². The van der Waals surface area contributed by atoms with Gasteiger partial charge in [0, 0.05) is 51.1 Å². The van der Waals surface area contributed by atoms with E-state index >= 15 is 0 Å². The predicted octanol–water partition coefficient (Wildman–Crippen LogP) is 2.27. The summed E-state index contributed by atoms with van der Waals surface area (Å²) >= 11 is 0. The van der Waals surface area contributed by atoms with E-state index in [4.69, 9.17) is 0 Å². The Labute approximate surface area is 147 Å². The number of hydrogen-bond acceptors (Lipinski definition) is 4. The number of aromatic nitrogens is 2. The molecule has 0 bridgehead atoms. The van der Waals surface area contributed by atoms with Crippen molar-refractivity contribution in [3.05, 3.63) is 48.2 Å². The van der Waals surface area contributed by atoms with Crippen molar-refractivity contribution in [2.45, 2.75) is 18.8 Å². The van der Waals surface area contributed by atoms with Gasteiger partial charge in [-0.25, -0.2) is 4.39 Å². The first-order chi connectivity index (χ1) is 11.9. The summed E-state index contributed by atoms with van der Waals surface area (Å²) in [5, 5.41) is 0. The van der Waals surface area contributed by atoms with Crippen LogP contribution in [-0.2, 0) is 10.2 Å². The number of piperidine rings is 1. The first-order valence-electron chi connectivity index (χ1n) is 8.14. The van der Waals surface area contributed by atoms with Gasteiger partial charge in [0.2, 0.25) is 0 Å². The normalized spacial score (nSPS) is 19.3. The zero-order chi connectivity index (χ0) is 18.0. The molecule has 1 aromatic carbocycles. The molecule has 1 atom stereocenters. The topological polar surface area (TPSA) is 66.4 Å². The fourth-order valence-corrected chi connectivity index (χ4v) is 4.30. The van der Waals surface area contributed by atoms with E-state index in [1.54, 1.807) is 24.4 Å². The monoisotopic (exact) mass is 364 g/mol. The van der Waals surface area contributed by atoms with E-state index in [1.807, 2.05) is 0 Å². The Morgan fingerprint density at radius 1 is 1.20 bits per heavy atom. The van der Waals surface area contributed by atoms with E-state index in [1.165, 1.54) is 35.0 Å². The summed E-state index contributed by atoms with van der Waals surface area (Å²) in [5.41, 5.74) is 1.51. The van der Waals surface area contributed by atoms with Crippen LogP contribution < -0.4 is 0 Å². The molecule has 1 aliphatic rings. The third-order valence-electron chi connectivity index (χ3n) is 4.41. The van der Waals surface area contributed by atoms with Crippen LogP contribution in [0.25, 0.3) is 11.3 Å². The van der Waals surface area contributed by atoms with Crippen LogP contribution in [0.1, 0.15) is 24.5 Å². The second-order valence-electron chi connectivity index (χ2n) is 6.26. The van der Waals surface area contributed by atoms with Crippen LogP contribution in [0.4, 0.5) is 4.39 Å². The minimum absolute atomic E-state index is 0.119. The molecule has 0 saturated carbocycles. The van der Waals surface area contributed by atoms with Crippen molar-refractivity contribution in [1.82, 2.24) is 18.6 Å². The molecule has 25 heavy (non-hydrogen) atoms. The lowest BCUT2D eigenvalue weighted by Crippen LogP contribution is -2.45. The zero-order valence-corrected chi connectivity index (χ0v) is 15.1. The molecule has 0 unspecified atom stereocenters. The van der Waals surface area contributed by atoms with Crippen molar-refractivity contribution < 1.29 is 12.8 Å². The number of rotatable bonds is 4. The van der Waals surface area contributed by atoms with Crippen molar-refractivity contribution in [2.75, 3.05) is 27.2 Å². The molecule has 8 heteroatoms. The highest BCUT2D eigenvalue weighted by Gasteiger charge is 2.33. The highest BCUT2D eigenvalue weighted by Crippen LogP contribution is 2.33. The van der Waals surface area contributed by atoms with Gasteiger partial charge in [0.05, 0.1) is 11.4 Å². The maximum absolute atomic E-state index is 14.2. The van der Waals surface area contributed by atoms with E-state index in [0.717, 1.165) is 12.8 Å². The molecule has 0 spiro atoms. The molecule has 134 valence electrons. The summed E-state index contributed by atoms with van der Waals surface area (Å²) in [6, 6.07) is 6.43. The van der Waals surface area contributed by atoms with Gasteiger partial charge in [-0.2, -0.15) is 17.0 Å². The number of hydrogen-bond donors (Lipinski definition) is 0. The highest BCUT2D eigenvalue weighted by atomic mass is 32.2. The largest absolute Gasteiger partial charge is 0.281 e. The summed E-state index contributed by atoms with van der Waals surface area (Å²) in [5.74, 6) is -0.482. The van der Waals surface area contributed by atoms with Crippen molar-refractivity contribution in [3.8, 4) is 11.3 Å². The van der Waals surface area contributed by atoms with Gasteiger partial charge < -0.3 is 0 Å². The van der Waals surface area contributed by atoms with Crippen LogP contribution in [0.3, 0.4) is 0 Å². The molecule has 0 amide bonds. The first-order valence-corrected chi connectivity index (χ1v) is 9.54. The average molecular weight is 364 g/mol. The first kappa shape index (κ1) is 17.9. The second kappa shape index (κ2) is 7.15. The number of benzene rings is 1. The Morgan fingerprint density at radius 2 is 1.92 bits per heavy atom. The lowest BCUT2D eigenvalue weighted by Gasteiger charge is -2.33. The molecule has 1 fully saturated rings. The second-order valence-corrected chi connectivity index (χ2v) is 8.40. The summed E-state index contributed by atoms with van der Waals surface area (Å²) in [4.78, 5) is 8.74. The van der Waals surface area contributed by atoms with Gasteiger partial charge in [-0.3, -0.25) is 9.97 Å². The Hall–Kier alpha value is -1.90. The molecule has 1 aromatic heterocycles. The SMILES string of the molecule is CN(C)S(=O)(=O)N1CCC[C@H](c2nccnc2-c2ccccc2F)C1. The molecule has 0 aliphatic carbocycles. The Morgan fingerprint density at radius 3 is 2.64 bits per heavy atom. The Balaban J connectivity index is 1.97. The standard InChI is InChI=1S/C17H21FN4O2S/c1-21(2)25(23,24)22-11-5-6-13(12-22)16-17(20-10-9-19-16)14-7-3-4-8-15(14)18/h3-4,7-10,13H,5-6,11-12H2,1-2H3/t13-/m0/s1. The van der Waals surface area contributed by atoms with Gasteiger partial charge in [0.25, 0.3) is 10.2 Å². The van der Waals surface area contributed by atoms with Gasteiger partial charge in [0.15, 0.2) is 0 Å². The van der Waals surface area contributed by atoms with Gasteiger partial charge in [0.1, 0.15) is 5.82 Å². The molecule has 1 saturated heterocycles. The molecular formula is C17H21FN4O2S. The lowest BCUT2D eigenvalue weighted by molar-refractivity contribution is 0.296. The Bertz CT molecular complexity index is 857. The minimum atomic E-state index is -3.48. The molecule has 0 radical (unpaired) electrons.